The van der Waals surface area contributed by atoms with Crippen molar-refractivity contribution in [3.05, 3.63) is 52.0 Å². The van der Waals surface area contributed by atoms with E-state index in [4.69, 9.17) is 0 Å². The normalized spacial score (nSPS) is 18.2. The molecule has 234 valence electrons. The van der Waals surface area contributed by atoms with Gasteiger partial charge in [0.1, 0.15) is 22.4 Å². The highest BCUT2D eigenvalue weighted by Crippen LogP contribution is 2.34. The van der Waals surface area contributed by atoms with Crippen LogP contribution in [0.2, 0.25) is 0 Å². The number of nitrogens with zero attached hydrogens (tertiary/aromatic N) is 6. The molecule has 0 saturated carbocycles. The maximum Gasteiger partial charge on any atom is 0.393 e. The van der Waals surface area contributed by atoms with Gasteiger partial charge in [0.05, 0.1) is 11.8 Å². The van der Waals surface area contributed by atoms with Crippen molar-refractivity contribution in [2.75, 3.05) is 44.6 Å². The fourth-order valence-corrected chi connectivity index (χ4v) is 7.54. The van der Waals surface area contributed by atoms with Crippen LogP contribution in [0, 0.1) is 24.3 Å². The highest BCUT2D eigenvalue weighted by molar-refractivity contribution is 7.18. The number of hydrogen-bond donors (Lipinski definition) is 2. The Hall–Kier alpha value is -3.31. The zero-order chi connectivity index (χ0) is 31.0. The molecule has 0 amide bonds. The molecule has 1 atom stereocenters. The minimum atomic E-state index is -4.35. The van der Waals surface area contributed by atoms with Crippen LogP contribution in [0.1, 0.15) is 41.5 Å². The number of nitriles is 1. The summed E-state index contributed by atoms with van der Waals surface area (Å²) in [6.45, 7) is 11.5. The fraction of sp³-hybridized carbons (Fsp3) is 0.516. The highest BCUT2D eigenvalue weighted by Gasteiger charge is 2.30. The molecule has 13 heteroatoms. The summed E-state index contributed by atoms with van der Waals surface area (Å²) in [5.41, 5.74) is 4.16. The lowest BCUT2D eigenvalue weighted by Crippen LogP contribution is -2.48. The largest absolute Gasteiger partial charge is 0.393 e. The average molecular weight is 629 g/mol. The number of aromatic nitrogens is 3. The summed E-state index contributed by atoms with van der Waals surface area (Å²) < 4.78 is 55.1. The molecule has 2 N–H and O–H groups in total. The van der Waals surface area contributed by atoms with Gasteiger partial charge in [0.15, 0.2) is 0 Å². The molecule has 2 aliphatic rings. The number of alkyl halides is 3. The Morgan fingerprint density at radius 1 is 1.11 bits per heavy atom. The number of halogens is 4. The van der Waals surface area contributed by atoms with E-state index in [-0.39, 0.29) is 21.6 Å². The first kappa shape index (κ1) is 30.7. The Morgan fingerprint density at radius 3 is 2.57 bits per heavy atom. The first-order valence-corrected chi connectivity index (χ1v) is 15.9. The number of piperazine rings is 1. The first-order valence-electron chi connectivity index (χ1n) is 15.1. The molecule has 8 nitrogen and oxygen atoms in total. The van der Waals surface area contributed by atoms with Crippen molar-refractivity contribution >= 4 is 38.3 Å². The lowest BCUT2D eigenvalue weighted by atomic mass is 10.0. The third kappa shape index (κ3) is 6.68. The molecule has 5 heterocycles. The van der Waals surface area contributed by atoms with Gasteiger partial charge in [-0.25, -0.2) is 0 Å². The summed E-state index contributed by atoms with van der Waals surface area (Å²) in [5, 5.41) is 18.1. The molecule has 0 aliphatic carbocycles. The fourth-order valence-electron chi connectivity index (χ4n) is 6.49. The predicted molar refractivity (Wildman–Crippen MR) is 164 cm³/mol. The van der Waals surface area contributed by atoms with E-state index in [1.165, 1.54) is 17.2 Å². The van der Waals surface area contributed by atoms with Crippen LogP contribution in [0.25, 0.3) is 21.1 Å². The number of benzene rings is 1. The van der Waals surface area contributed by atoms with Crippen molar-refractivity contribution in [3.8, 4) is 6.07 Å². The van der Waals surface area contributed by atoms with Crippen molar-refractivity contribution in [1.29, 1.82) is 5.26 Å². The zero-order valence-electron chi connectivity index (χ0n) is 24.8. The SMILES string of the molecule is Cc1c(CN2CCC(Nc3nc(F)nc4sc(CC(F)(F)F)cc34)CC2)ccc2c1cc(C#N)n2C[C@H](C)N1CCNCC1. The molecule has 2 aliphatic heterocycles. The lowest BCUT2D eigenvalue weighted by molar-refractivity contribution is -0.126. The summed E-state index contributed by atoms with van der Waals surface area (Å²) in [6.07, 6.45) is -4.80. The van der Waals surface area contributed by atoms with Gasteiger partial charge in [0.2, 0.25) is 0 Å². The molecule has 3 aromatic heterocycles. The Balaban J connectivity index is 1.11. The average Bonchev–Trinajstić information content (AvgIpc) is 3.55. The van der Waals surface area contributed by atoms with Gasteiger partial charge < -0.3 is 15.2 Å². The number of aryl methyl sites for hydroxylation is 1. The number of hydrogen-bond acceptors (Lipinski definition) is 8. The number of thiophene rings is 1. The first-order chi connectivity index (χ1) is 21.1. The second-order valence-corrected chi connectivity index (χ2v) is 13.0. The highest BCUT2D eigenvalue weighted by atomic mass is 32.1. The minimum Gasteiger partial charge on any atom is -0.367 e. The quantitative estimate of drug-likeness (QED) is 0.199. The van der Waals surface area contributed by atoms with E-state index in [2.05, 4.69) is 67.0 Å². The third-order valence-electron chi connectivity index (χ3n) is 8.92. The van der Waals surface area contributed by atoms with Crippen molar-refractivity contribution in [2.24, 2.45) is 0 Å². The van der Waals surface area contributed by atoms with Crippen molar-refractivity contribution in [1.82, 2.24) is 29.7 Å². The van der Waals surface area contributed by atoms with Gasteiger partial charge in [0.25, 0.3) is 0 Å². The van der Waals surface area contributed by atoms with Crippen molar-refractivity contribution in [2.45, 2.75) is 64.5 Å². The number of likely N-dealkylation sites (tertiary alicyclic amines) is 1. The Labute approximate surface area is 257 Å². The van der Waals surface area contributed by atoms with E-state index in [9.17, 15) is 22.8 Å². The standard InChI is InChI=1S/C31H36F4N8S/c1-19(42-11-7-37-8-12-42)17-43-23(16-36)13-25-20(2)21(3-4-27(25)43)18-41-9-5-22(6-10-41)38-28-26-14-24(15-31(33,34)35)44-29(26)40-30(32)39-28/h3-4,13-14,19,22,37H,5-12,15,17-18H2,1-2H3,(H,38,39,40)/t19-/m0/s1. The minimum absolute atomic E-state index is 0.0168. The molecule has 1 aromatic carbocycles. The molecule has 2 fully saturated rings. The van der Waals surface area contributed by atoms with Crippen molar-refractivity contribution in [3.63, 3.8) is 0 Å². The molecule has 0 radical (unpaired) electrons. The maximum absolute atomic E-state index is 14.1. The molecule has 6 rings (SSSR count). The van der Waals surface area contributed by atoms with E-state index in [1.54, 1.807) is 0 Å². The topological polar surface area (TPSA) is 85.0 Å². The number of rotatable bonds is 8. The number of piperidine rings is 1. The van der Waals surface area contributed by atoms with Crippen LogP contribution in [0.15, 0.2) is 24.3 Å². The maximum atomic E-state index is 14.1. The molecule has 0 spiro atoms. The van der Waals surface area contributed by atoms with Gasteiger partial charge >= 0.3 is 12.3 Å². The van der Waals surface area contributed by atoms with Crippen LogP contribution in [0.4, 0.5) is 23.4 Å². The van der Waals surface area contributed by atoms with Gasteiger partial charge in [0, 0.05) is 80.2 Å². The van der Waals surface area contributed by atoms with Crippen LogP contribution < -0.4 is 10.6 Å². The second kappa shape index (κ2) is 12.6. The summed E-state index contributed by atoms with van der Waals surface area (Å²) in [6, 6.07) is 10.5. The molecular formula is C31H36F4N8S. The van der Waals surface area contributed by atoms with Crippen LogP contribution in [0.5, 0.6) is 0 Å². The van der Waals surface area contributed by atoms with Crippen LogP contribution in [-0.4, -0.2) is 81.9 Å². The van der Waals surface area contributed by atoms with Crippen LogP contribution >= 0.6 is 11.3 Å². The van der Waals surface area contributed by atoms with E-state index >= 15 is 0 Å². The van der Waals surface area contributed by atoms with Gasteiger partial charge in [-0.3, -0.25) is 9.80 Å². The Morgan fingerprint density at radius 2 is 1.86 bits per heavy atom. The molecule has 2 saturated heterocycles. The summed E-state index contributed by atoms with van der Waals surface area (Å²) in [5.74, 6) is 0.251. The molecular weight excluding hydrogens is 592 g/mol. The van der Waals surface area contributed by atoms with Gasteiger partial charge in [-0.05, 0) is 56.0 Å². The third-order valence-corrected chi connectivity index (χ3v) is 9.95. The predicted octanol–water partition coefficient (Wildman–Crippen LogP) is 5.44. The van der Waals surface area contributed by atoms with Gasteiger partial charge in [-0.1, -0.05) is 6.07 Å². The summed E-state index contributed by atoms with van der Waals surface area (Å²) in [7, 11) is 0. The number of fused-ring (bicyclic) bond motifs is 2. The number of anilines is 1. The van der Waals surface area contributed by atoms with E-state index < -0.39 is 18.7 Å². The summed E-state index contributed by atoms with van der Waals surface area (Å²) in [4.78, 5) is 12.8. The monoisotopic (exact) mass is 628 g/mol. The molecule has 0 unspecified atom stereocenters. The smallest absolute Gasteiger partial charge is 0.367 e. The lowest BCUT2D eigenvalue weighted by Gasteiger charge is -2.33. The number of nitrogens with one attached hydrogen (secondary N) is 2. The van der Waals surface area contributed by atoms with Crippen LogP contribution in [0.3, 0.4) is 0 Å². The van der Waals surface area contributed by atoms with Crippen LogP contribution in [-0.2, 0) is 19.5 Å². The van der Waals surface area contributed by atoms with Crippen molar-refractivity contribution < 1.29 is 17.6 Å². The second-order valence-electron chi connectivity index (χ2n) is 11.9. The van der Waals surface area contributed by atoms with Gasteiger partial charge in [-0.2, -0.15) is 32.8 Å². The molecule has 0 bridgehead atoms. The van der Waals surface area contributed by atoms with E-state index in [0.29, 0.717) is 17.1 Å². The Bertz CT molecular complexity index is 1680. The molecule has 44 heavy (non-hydrogen) atoms. The molecule has 4 aromatic rings. The van der Waals surface area contributed by atoms with E-state index in [0.717, 1.165) is 87.4 Å². The summed E-state index contributed by atoms with van der Waals surface area (Å²) >= 11 is 0.848. The van der Waals surface area contributed by atoms with Gasteiger partial charge in [-0.15, -0.1) is 11.3 Å². The zero-order valence-corrected chi connectivity index (χ0v) is 25.7. The Kier molecular flexibility index (Phi) is 8.79. The van der Waals surface area contributed by atoms with E-state index in [1.807, 2.05) is 6.07 Å².